The molecular formula is C8H11NO2S2. The molecule has 0 radical (unpaired) electrons. The fraction of sp³-hybridized carbons (Fsp3) is 0.375. The van der Waals surface area contributed by atoms with E-state index >= 15 is 0 Å². The minimum atomic E-state index is -2.94. The van der Waals surface area contributed by atoms with Crippen molar-refractivity contribution in [1.82, 2.24) is 4.98 Å². The number of aromatic nitrogens is 1. The number of rotatable bonds is 3. The number of hydrogen-bond acceptors (Lipinski definition) is 4. The molecule has 0 unspecified atom stereocenters. The molecule has 1 aromatic rings. The minimum Gasteiger partial charge on any atom is -0.250 e. The second-order valence-corrected chi connectivity index (χ2v) is 5.74. The highest BCUT2D eigenvalue weighted by atomic mass is 32.2. The lowest BCUT2D eigenvalue weighted by atomic mass is 10.3. The topological polar surface area (TPSA) is 47.0 Å². The molecule has 0 bridgehead atoms. The summed E-state index contributed by atoms with van der Waals surface area (Å²) in [5, 5.41) is 0.848. The fourth-order valence-corrected chi connectivity index (χ4v) is 2.18. The van der Waals surface area contributed by atoms with Crippen molar-refractivity contribution in [3.8, 4) is 0 Å². The van der Waals surface area contributed by atoms with Crippen molar-refractivity contribution < 1.29 is 8.42 Å². The van der Waals surface area contributed by atoms with Crippen LogP contribution in [0.5, 0.6) is 0 Å². The van der Waals surface area contributed by atoms with E-state index in [-0.39, 0.29) is 5.75 Å². The molecule has 0 aliphatic heterocycles. The molecule has 13 heavy (non-hydrogen) atoms. The first-order valence-corrected chi connectivity index (χ1v) is 6.96. The van der Waals surface area contributed by atoms with Crippen LogP contribution in [0.4, 0.5) is 0 Å². The van der Waals surface area contributed by atoms with Gasteiger partial charge in [0.1, 0.15) is 0 Å². The molecule has 0 atom stereocenters. The fourth-order valence-electron chi connectivity index (χ4n) is 0.955. The first-order valence-electron chi connectivity index (χ1n) is 3.68. The van der Waals surface area contributed by atoms with Crippen molar-refractivity contribution in [2.24, 2.45) is 0 Å². The summed E-state index contributed by atoms with van der Waals surface area (Å²) in [6, 6.07) is 3.52. The molecule has 0 spiro atoms. The Kier molecular flexibility index (Phi) is 3.33. The summed E-state index contributed by atoms with van der Waals surface area (Å²) < 4.78 is 21.9. The lowest BCUT2D eigenvalue weighted by Gasteiger charge is -2.00. The zero-order valence-electron chi connectivity index (χ0n) is 7.52. The van der Waals surface area contributed by atoms with Crippen molar-refractivity contribution in [2.75, 3.05) is 12.5 Å². The zero-order chi connectivity index (χ0) is 9.90. The average Bonchev–Trinajstić information content (AvgIpc) is 2.01. The highest BCUT2D eigenvalue weighted by molar-refractivity contribution is 7.98. The number of thioether (sulfide) groups is 1. The molecule has 0 saturated heterocycles. The molecule has 0 saturated carbocycles. The van der Waals surface area contributed by atoms with Gasteiger partial charge in [-0.15, -0.1) is 11.8 Å². The van der Waals surface area contributed by atoms with Gasteiger partial charge in [0.25, 0.3) is 0 Å². The largest absolute Gasteiger partial charge is 0.250 e. The third-order valence-electron chi connectivity index (χ3n) is 1.44. The second-order valence-electron chi connectivity index (χ2n) is 2.78. The first kappa shape index (κ1) is 10.5. The third kappa shape index (κ3) is 3.78. The standard InChI is InChI=1S/C8H11NO2S2/c1-12-8-5-7(3-4-9-8)6-13(2,10)11/h3-5H,6H2,1-2H3. The maximum atomic E-state index is 11.0. The second kappa shape index (κ2) is 4.11. The van der Waals surface area contributed by atoms with E-state index in [2.05, 4.69) is 4.98 Å². The SMILES string of the molecule is CSc1cc(CS(C)(=O)=O)ccn1. The normalized spacial score (nSPS) is 11.5. The van der Waals surface area contributed by atoms with E-state index in [0.717, 1.165) is 10.6 Å². The van der Waals surface area contributed by atoms with Gasteiger partial charge in [0, 0.05) is 12.5 Å². The van der Waals surface area contributed by atoms with Crippen LogP contribution >= 0.6 is 11.8 Å². The summed E-state index contributed by atoms with van der Waals surface area (Å²) in [4.78, 5) is 4.06. The highest BCUT2D eigenvalue weighted by Gasteiger charge is 2.04. The van der Waals surface area contributed by atoms with Gasteiger partial charge in [0.05, 0.1) is 10.8 Å². The smallest absolute Gasteiger partial charge is 0.151 e. The molecule has 0 aromatic carbocycles. The number of nitrogens with zero attached hydrogens (tertiary/aromatic N) is 1. The Morgan fingerprint density at radius 3 is 2.77 bits per heavy atom. The van der Waals surface area contributed by atoms with E-state index in [1.54, 1.807) is 18.3 Å². The van der Waals surface area contributed by atoms with Crippen LogP contribution in [0.1, 0.15) is 5.56 Å². The van der Waals surface area contributed by atoms with Crippen molar-refractivity contribution in [1.29, 1.82) is 0 Å². The van der Waals surface area contributed by atoms with Crippen molar-refractivity contribution in [3.05, 3.63) is 23.9 Å². The summed E-state index contributed by atoms with van der Waals surface area (Å²) >= 11 is 1.50. The third-order valence-corrected chi connectivity index (χ3v) is 2.94. The molecule has 0 amide bonds. The van der Waals surface area contributed by atoms with E-state index in [1.165, 1.54) is 18.0 Å². The predicted octanol–water partition coefficient (Wildman–Crippen LogP) is 1.35. The zero-order valence-corrected chi connectivity index (χ0v) is 9.15. The summed E-state index contributed by atoms with van der Waals surface area (Å²) in [5.74, 6) is 0.0864. The van der Waals surface area contributed by atoms with Crippen LogP contribution < -0.4 is 0 Å². The molecule has 72 valence electrons. The minimum absolute atomic E-state index is 0.0864. The highest BCUT2D eigenvalue weighted by Crippen LogP contribution is 2.13. The van der Waals surface area contributed by atoms with Crippen LogP contribution in [0.3, 0.4) is 0 Å². The molecule has 1 heterocycles. The molecule has 1 rings (SSSR count). The molecule has 0 aliphatic carbocycles. The van der Waals surface area contributed by atoms with E-state index in [1.807, 2.05) is 6.26 Å². The molecule has 1 aromatic heterocycles. The summed E-state index contributed by atoms with van der Waals surface area (Å²) in [6.07, 6.45) is 4.77. The molecular weight excluding hydrogens is 206 g/mol. The lowest BCUT2D eigenvalue weighted by Crippen LogP contribution is -2.00. The van der Waals surface area contributed by atoms with Crippen LogP contribution in [-0.4, -0.2) is 25.9 Å². The van der Waals surface area contributed by atoms with Gasteiger partial charge in [-0.1, -0.05) is 0 Å². The Morgan fingerprint density at radius 1 is 1.54 bits per heavy atom. The maximum absolute atomic E-state index is 11.0. The number of hydrogen-bond donors (Lipinski definition) is 0. The average molecular weight is 217 g/mol. The van der Waals surface area contributed by atoms with Crippen LogP contribution in [-0.2, 0) is 15.6 Å². The van der Waals surface area contributed by atoms with Crippen molar-refractivity contribution >= 4 is 21.6 Å². The van der Waals surface area contributed by atoms with Crippen LogP contribution in [0.25, 0.3) is 0 Å². The van der Waals surface area contributed by atoms with Crippen molar-refractivity contribution in [3.63, 3.8) is 0 Å². The molecule has 3 nitrogen and oxygen atoms in total. The maximum Gasteiger partial charge on any atom is 0.151 e. The monoisotopic (exact) mass is 217 g/mol. The van der Waals surface area contributed by atoms with E-state index < -0.39 is 9.84 Å². The summed E-state index contributed by atoms with van der Waals surface area (Å²) in [7, 11) is -2.94. The van der Waals surface area contributed by atoms with Gasteiger partial charge in [-0.05, 0) is 24.0 Å². The lowest BCUT2D eigenvalue weighted by molar-refractivity contribution is 0.601. The van der Waals surface area contributed by atoms with E-state index in [0.29, 0.717) is 0 Å². The summed E-state index contributed by atoms with van der Waals surface area (Å²) in [5.41, 5.74) is 0.793. The molecule has 5 heteroatoms. The quantitative estimate of drug-likeness (QED) is 0.717. The van der Waals surface area contributed by atoms with Gasteiger partial charge in [0.2, 0.25) is 0 Å². The van der Waals surface area contributed by atoms with E-state index in [9.17, 15) is 8.42 Å². The summed E-state index contributed by atoms with van der Waals surface area (Å²) in [6.45, 7) is 0. The Bertz CT molecular complexity index is 387. The Morgan fingerprint density at radius 2 is 2.23 bits per heavy atom. The van der Waals surface area contributed by atoms with Gasteiger partial charge in [-0.25, -0.2) is 13.4 Å². The predicted molar refractivity (Wildman–Crippen MR) is 54.6 cm³/mol. The molecule has 0 N–H and O–H groups in total. The van der Waals surface area contributed by atoms with Gasteiger partial charge in [-0.2, -0.15) is 0 Å². The van der Waals surface area contributed by atoms with Gasteiger partial charge < -0.3 is 0 Å². The number of pyridine rings is 1. The van der Waals surface area contributed by atoms with Gasteiger partial charge in [0.15, 0.2) is 9.84 Å². The van der Waals surface area contributed by atoms with Crippen molar-refractivity contribution in [2.45, 2.75) is 10.8 Å². The van der Waals surface area contributed by atoms with Crippen LogP contribution in [0.15, 0.2) is 23.4 Å². The van der Waals surface area contributed by atoms with Gasteiger partial charge in [-0.3, -0.25) is 0 Å². The van der Waals surface area contributed by atoms with Gasteiger partial charge >= 0.3 is 0 Å². The molecule has 0 fully saturated rings. The Balaban J connectivity index is 2.90. The number of sulfone groups is 1. The van der Waals surface area contributed by atoms with Crippen LogP contribution in [0, 0.1) is 0 Å². The Labute approximate surface area is 82.5 Å². The van der Waals surface area contributed by atoms with Crippen LogP contribution in [0.2, 0.25) is 0 Å². The van der Waals surface area contributed by atoms with E-state index in [4.69, 9.17) is 0 Å². The first-order chi connectivity index (χ1) is 6.01. The Hall–Kier alpha value is -0.550. The molecule has 0 aliphatic rings.